The predicted molar refractivity (Wildman–Crippen MR) is 89.7 cm³/mol. The van der Waals surface area contributed by atoms with Gasteiger partial charge in [0.15, 0.2) is 5.82 Å². The van der Waals surface area contributed by atoms with Crippen LogP contribution in [-0.2, 0) is 19.9 Å². The molecule has 24 heavy (non-hydrogen) atoms. The normalized spacial score (nSPS) is 12.2. The lowest BCUT2D eigenvalue weighted by atomic mass is 10.1. The van der Waals surface area contributed by atoms with Crippen LogP contribution in [0.5, 0.6) is 0 Å². The van der Waals surface area contributed by atoms with E-state index in [4.69, 9.17) is 4.52 Å². The first kappa shape index (κ1) is 18.0. The highest BCUT2D eigenvalue weighted by atomic mass is 16.5. The highest BCUT2D eigenvalue weighted by Crippen LogP contribution is 2.14. The third kappa shape index (κ3) is 4.81. The van der Waals surface area contributed by atoms with Gasteiger partial charge in [-0.25, -0.2) is 4.79 Å². The van der Waals surface area contributed by atoms with Crippen LogP contribution in [0, 0.1) is 20.8 Å². The summed E-state index contributed by atoms with van der Waals surface area (Å²) in [5.74, 6) is 1.23. The Hall–Kier alpha value is -2.38. The summed E-state index contributed by atoms with van der Waals surface area (Å²) in [6.07, 6.45) is 2.18. The van der Waals surface area contributed by atoms with Crippen molar-refractivity contribution < 1.29 is 9.32 Å². The number of urea groups is 1. The van der Waals surface area contributed by atoms with Gasteiger partial charge in [-0.2, -0.15) is 10.1 Å². The Bertz CT molecular complexity index is 691. The summed E-state index contributed by atoms with van der Waals surface area (Å²) in [4.78, 5) is 16.1. The molecule has 2 aromatic heterocycles. The van der Waals surface area contributed by atoms with Crippen LogP contribution in [0.3, 0.4) is 0 Å². The second-order valence-corrected chi connectivity index (χ2v) is 6.12. The molecule has 0 saturated carbocycles. The van der Waals surface area contributed by atoms with Crippen molar-refractivity contribution in [1.82, 2.24) is 30.6 Å². The fourth-order valence-electron chi connectivity index (χ4n) is 2.63. The van der Waals surface area contributed by atoms with Crippen molar-refractivity contribution in [3.8, 4) is 0 Å². The van der Waals surface area contributed by atoms with Gasteiger partial charge in [-0.3, -0.25) is 4.68 Å². The summed E-state index contributed by atoms with van der Waals surface area (Å²) in [7, 11) is 1.93. The number of carbonyl (C=O) groups is 1. The van der Waals surface area contributed by atoms with Gasteiger partial charge in [0.05, 0.1) is 5.69 Å². The van der Waals surface area contributed by atoms with Crippen LogP contribution in [0.2, 0.25) is 0 Å². The van der Waals surface area contributed by atoms with Crippen molar-refractivity contribution in [3.05, 3.63) is 28.7 Å². The van der Waals surface area contributed by atoms with Gasteiger partial charge in [-0.05, 0) is 46.1 Å². The zero-order valence-electron chi connectivity index (χ0n) is 15.0. The minimum Gasteiger partial charge on any atom is -0.339 e. The Balaban J connectivity index is 1.69. The number of hydrogen-bond acceptors (Lipinski definition) is 5. The zero-order chi connectivity index (χ0) is 17.7. The molecule has 0 bridgehead atoms. The molecular formula is C16H26N6O2. The van der Waals surface area contributed by atoms with Crippen LogP contribution >= 0.6 is 0 Å². The summed E-state index contributed by atoms with van der Waals surface area (Å²) in [5, 5.41) is 13.9. The average Bonchev–Trinajstić information content (AvgIpc) is 3.02. The van der Waals surface area contributed by atoms with Gasteiger partial charge in [-0.1, -0.05) is 5.16 Å². The lowest BCUT2D eigenvalue weighted by Gasteiger charge is -2.15. The summed E-state index contributed by atoms with van der Waals surface area (Å²) in [6, 6.07) is -0.131. The molecule has 8 nitrogen and oxygen atoms in total. The van der Waals surface area contributed by atoms with E-state index in [2.05, 4.69) is 25.9 Å². The van der Waals surface area contributed by atoms with Crippen LogP contribution in [0.15, 0.2) is 4.52 Å². The summed E-state index contributed by atoms with van der Waals surface area (Å²) in [5.41, 5.74) is 3.34. The number of hydrogen-bond donors (Lipinski definition) is 2. The zero-order valence-corrected chi connectivity index (χ0v) is 15.0. The predicted octanol–water partition coefficient (Wildman–Crippen LogP) is 1.59. The van der Waals surface area contributed by atoms with Gasteiger partial charge >= 0.3 is 6.03 Å². The highest BCUT2D eigenvalue weighted by Gasteiger charge is 2.14. The summed E-state index contributed by atoms with van der Waals surface area (Å²) >= 11 is 0. The first-order valence-corrected chi connectivity index (χ1v) is 8.19. The standard InChI is InChI=1S/C16H26N6O2/c1-10(9-14-11(2)20-22(5)12(14)3)18-16(23)17-8-6-7-15-19-13(4)21-24-15/h10H,6-9H2,1-5H3,(H2,17,18,23). The van der Waals surface area contributed by atoms with Crippen molar-refractivity contribution in [2.45, 2.75) is 53.0 Å². The molecular weight excluding hydrogens is 308 g/mol. The molecule has 0 aliphatic rings. The van der Waals surface area contributed by atoms with Gasteiger partial charge in [0, 0.05) is 31.7 Å². The molecule has 2 aromatic rings. The Morgan fingerprint density at radius 2 is 2.08 bits per heavy atom. The number of nitrogens with zero attached hydrogens (tertiary/aromatic N) is 4. The Kier molecular flexibility index (Phi) is 5.94. The maximum absolute atomic E-state index is 11.9. The maximum atomic E-state index is 11.9. The topological polar surface area (TPSA) is 97.9 Å². The third-order valence-electron chi connectivity index (χ3n) is 3.97. The molecule has 0 fully saturated rings. The quantitative estimate of drug-likeness (QED) is 0.749. The first-order valence-electron chi connectivity index (χ1n) is 8.19. The van der Waals surface area contributed by atoms with E-state index >= 15 is 0 Å². The number of nitrogens with one attached hydrogen (secondary N) is 2. The lowest BCUT2D eigenvalue weighted by Crippen LogP contribution is -2.42. The highest BCUT2D eigenvalue weighted by molar-refractivity contribution is 5.74. The lowest BCUT2D eigenvalue weighted by molar-refractivity contribution is 0.237. The van der Waals surface area contributed by atoms with Gasteiger partial charge in [0.2, 0.25) is 5.89 Å². The monoisotopic (exact) mass is 334 g/mol. The molecule has 2 amide bonds. The fourth-order valence-corrected chi connectivity index (χ4v) is 2.63. The van der Waals surface area contributed by atoms with Crippen LogP contribution in [0.25, 0.3) is 0 Å². The Labute approximate surface area is 142 Å². The minimum absolute atomic E-state index is 0.0326. The van der Waals surface area contributed by atoms with Gasteiger partial charge in [-0.15, -0.1) is 0 Å². The van der Waals surface area contributed by atoms with E-state index in [1.165, 1.54) is 5.56 Å². The van der Waals surface area contributed by atoms with E-state index in [1.807, 2.05) is 32.5 Å². The van der Waals surface area contributed by atoms with Crippen molar-refractivity contribution in [3.63, 3.8) is 0 Å². The van der Waals surface area contributed by atoms with Crippen molar-refractivity contribution in [2.24, 2.45) is 7.05 Å². The SMILES string of the molecule is Cc1noc(CCCNC(=O)NC(C)Cc2c(C)nn(C)c2C)n1. The Morgan fingerprint density at radius 3 is 2.67 bits per heavy atom. The van der Waals surface area contributed by atoms with Crippen LogP contribution in [-0.4, -0.2) is 38.5 Å². The smallest absolute Gasteiger partial charge is 0.315 e. The number of aryl methyl sites for hydroxylation is 4. The van der Waals surface area contributed by atoms with Gasteiger partial charge in [0.25, 0.3) is 0 Å². The van der Waals surface area contributed by atoms with Crippen LogP contribution in [0.1, 0.15) is 42.0 Å². The molecule has 132 valence electrons. The molecule has 1 atom stereocenters. The van der Waals surface area contributed by atoms with Gasteiger partial charge < -0.3 is 15.2 Å². The second-order valence-electron chi connectivity index (χ2n) is 6.12. The fraction of sp³-hybridized carbons (Fsp3) is 0.625. The summed E-state index contributed by atoms with van der Waals surface area (Å²) in [6.45, 7) is 8.37. The van der Waals surface area contributed by atoms with Crippen molar-refractivity contribution >= 4 is 6.03 Å². The Morgan fingerprint density at radius 1 is 1.33 bits per heavy atom. The second kappa shape index (κ2) is 7.94. The molecule has 0 saturated heterocycles. The molecule has 0 aromatic carbocycles. The van der Waals surface area contributed by atoms with E-state index in [9.17, 15) is 4.79 Å². The molecule has 0 aliphatic carbocycles. The van der Waals surface area contributed by atoms with Crippen LogP contribution < -0.4 is 10.6 Å². The third-order valence-corrected chi connectivity index (χ3v) is 3.97. The van der Waals surface area contributed by atoms with E-state index in [0.29, 0.717) is 24.7 Å². The van der Waals surface area contributed by atoms with E-state index in [-0.39, 0.29) is 12.1 Å². The molecule has 1 unspecified atom stereocenters. The number of rotatable bonds is 7. The number of amides is 2. The van der Waals surface area contributed by atoms with E-state index in [1.54, 1.807) is 6.92 Å². The van der Waals surface area contributed by atoms with Gasteiger partial charge in [0.1, 0.15) is 0 Å². The number of carbonyl (C=O) groups excluding carboxylic acids is 1. The summed E-state index contributed by atoms with van der Waals surface area (Å²) < 4.78 is 6.90. The van der Waals surface area contributed by atoms with E-state index < -0.39 is 0 Å². The largest absolute Gasteiger partial charge is 0.339 e. The maximum Gasteiger partial charge on any atom is 0.315 e. The van der Waals surface area contributed by atoms with E-state index in [0.717, 1.165) is 24.2 Å². The first-order chi connectivity index (χ1) is 11.4. The van der Waals surface area contributed by atoms with Crippen molar-refractivity contribution in [2.75, 3.05) is 6.54 Å². The molecule has 0 aliphatic heterocycles. The minimum atomic E-state index is -0.164. The molecule has 2 rings (SSSR count). The average molecular weight is 334 g/mol. The number of aromatic nitrogens is 4. The molecule has 0 spiro atoms. The molecule has 0 radical (unpaired) electrons. The molecule has 8 heteroatoms. The molecule has 2 N–H and O–H groups in total. The molecule has 2 heterocycles. The van der Waals surface area contributed by atoms with Crippen LogP contribution in [0.4, 0.5) is 4.79 Å². The van der Waals surface area contributed by atoms with Crippen molar-refractivity contribution in [1.29, 1.82) is 0 Å².